The molecule has 2 fully saturated rings. The summed E-state index contributed by atoms with van der Waals surface area (Å²) in [6, 6.07) is -0.0655. The molecule has 4 rings (SSSR count). The molecule has 48 heavy (non-hydrogen) atoms. The van der Waals surface area contributed by atoms with E-state index in [-0.39, 0.29) is 35.3 Å². The van der Waals surface area contributed by atoms with Crippen LogP contribution in [0.3, 0.4) is 0 Å². The van der Waals surface area contributed by atoms with Crippen molar-refractivity contribution < 1.29 is 9.53 Å². The zero-order chi connectivity index (χ0) is 35.2. The Bertz CT molecular complexity index is 1470. The molecule has 272 valence electrons. The highest BCUT2D eigenvalue weighted by Crippen LogP contribution is 2.30. The Morgan fingerprint density at radius 2 is 1.06 bits per heavy atom. The van der Waals surface area contributed by atoms with Gasteiger partial charge in [-0.2, -0.15) is 0 Å². The number of hydrogen-bond acceptors (Lipinski definition) is 11. The van der Waals surface area contributed by atoms with Crippen LogP contribution in [-0.4, -0.2) is 79.2 Å². The van der Waals surface area contributed by atoms with E-state index in [0.29, 0.717) is 47.7 Å². The average Bonchev–Trinajstić information content (AvgIpc) is 3.00. The first-order valence-electron chi connectivity index (χ1n) is 17.1. The molecule has 0 spiro atoms. The minimum atomic E-state index is -0.565. The lowest BCUT2D eigenvalue weighted by Crippen LogP contribution is -2.52. The Morgan fingerprint density at radius 1 is 0.688 bits per heavy atom. The Morgan fingerprint density at radius 3 is 1.46 bits per heavy atom. The molecular weight excluding hydrogens is 636 g/mol. The predicted molar refractivity (Wildman–Crippen MR) is 199 cm³/mol. The van der Waals surface area contributed by atoms with Gasteiger partial charge in [0, 0.05) is 61.4 Å². The number of hydrogen-bond donors (Lipinski definition) is 2. The number of amides is 1. The summed E-state index contributed by atoms with van der Waals surface area (Å²) >= 11 is 0. The van der Waals surface area contributed by atoms with Crippen LogP contribution in [0.5, 0.6) is 0 Å². The van der Waals surface area contributed by atoms with Crippen LogP contribution in [0.15, 0.2) is 19.2 Å². The Hall–Kier alpha value is -3.12. The molecule has 2 aromatic carbocycles. The number of carbonyl (C=O) groups excluding carboxylic acids is 1. The van der Waals surface area contributed by atoms with Crippen LogP contribution >= 0.6 is 12.4 Å². The molecule has 2 unspecified atom stereocenters. The summed E-state index contributed by atoms with van der Waals surface area (Å²) in [5, 5.41) is 3.01. The Labute approximate surface area is 291 Å². The second kappa shape index (κ2) is 17.5. The van der Waals surface area contributed by atoms with E-state index in [1.807, 2.05) is 32.7 Å². The van der Waals surface area contributed by atoms with Gasteiger partial charge in [-0.15, -0.1) is 12.4 Å². The van der Waals surface area contributed by atoms with Crippen molar-refractivity contribution in [2.24, 2.45) is 17.6 Å². The van der Waals surface area contributed by atoms with Gasteiger partial charge in [-0.3, -0.25) is 19.2 Å². The smallest absolute Gasteiger partial charge is 0.407 e. The third-order valence-electron chi connectivity index (χ3n) is 9.51. The molecule has 2 aliphatic carbocycles. The number of halogens is 1. The number of likely N-dealkylation sites (N-methyl/N-ethyl adjacent to an activating group) is 2. The first-order valence-corrected chi connectivity index (χ1v) is 17.1. The van der Waals surface area contributed by atoms with Crippen LogP contribution in [0, 0.1) is 11.8 Å². The van der Waals surface area contributed by atoms with Crippen molar-refractivity contribution in [3.05, 3.63) is 40.9 Å². The van der Waals surface area contributed by atoms with Gasteiger partial charge in [0.1, 0.15) is 28.4 Å². The standard InChI is InChI=1S/C20H33N3O4.C15H25N3O2.ClH/c1-20(2,3)27-19(26)21-14(13-10-8-7-9-11-13)12-23(6)16-15(22(4)5)17(24)18(16)25;1-17(2)12-13(15(20)14(12)19)18(3)9-11(16)10-7-5-4-6-8-10;/h13-14H,7-12H2,1-6H3,(H,21,26);10-11H,4-9,16H2,1-3H3;1H. The fraction of sp³-hybridized carbons (Fsp3) is 0.743. The maximum absolute atomic E-state index is 12.3. The average molecular weight is 695 g/mol. The monoisotopic (exact) mass is 694 g/mol. The molecule has 0 aliphatic heterocycles. The minimum absolute atomic E-state index is 0. The van der Waals surface area contributed by atoms with Crippen LogP contribution < -0.4 is 52.4 Å². The van der Waals surface area contributed by atoms with Crippen LogP contribution in [0.25, 0.3) is 0 Å². The van der Waals surface area contributed by atoms with Crippen molar-refractivity contribution in [1.82, 2.24) is 5.32 Å². The molecule has 2 aliphatic rings. The zero-order valence-electron chi connectivity index (χ0n) is 30.5. The maximum Gasteiger partial charge on any atom is 0.407 e. The second-order valence-corrected chi connectivity index (χ2v) is 15.0. The van der Waals surface area contributed by atoms with Crippen molar-refractivity contribution in [3.63, 3.8) is 0 Å². The summed E-state index contributed by atoms with van der Waals surface area (Å²) in [7, 11) is 10.7. The molecule has 0 bridgehead atoms. The van der Waals surface area contributed by atoms with Gasteiger partial charge in [0.15, 0.2) is 0 Å². The van der Waals surface area contributed by atoms with Crippen LogP contribution in [0.1, 0.15) is 85.0 Å². The molecule has 1 amide bonds. The molecule has 13 heteroatoms. The van der Waals surface area contributed by atoms with Gasteiger partial charge in [0.2, 0.25) is 0 Å². The minimum Gasteiger partial charge on any atom is -0.444 e. The maximum atomic E-state index is 12.3. The van der Waals surface area contributed by atoms with Crippen molar-refractivity contribution >= 4 is 41.2 Å². The quantitative estimate of drug-likeness (QED) is 0.334. The zero-order valence-corrected chi connectivity index (χ0v) is 31.3. The lowest BCUT2D eigenvalue weighted by molar-refractivity contribution is 0.0480. The summed E-state index contributed by atoms with van der Waals surface area (Å²) in [4.78, 5) is 66.7. The molecule has 0 aromatic heterocycles. The number of nitrogens with zero attached hydrogens (tertiary/aromatic N) is 4. The van der Waals surface area contributed by atoms with Crippen LogP contribution in [0.2, 0.25) is 0 Å². The molecule has 2 saturated carbocycles. The van der Waals surface area contributed by atoms with Crippen molar-refractivity contribution in [2.45, 2.75) is 103 Å². The van der Waals surface area contributed by atoms with Crippen molar-refractivity contribution in [3.8, 4) is 0 Å². The van der Waals surface area contributed by atoms with Crippen LogP contribution in [-0.2, 0) is 4.74 Å². The predicted octanol–water partition coefficient (Wildman–Crippen LogP) is 3.37. The van der Waals surface area contributed by atoms with E-state index in [4.69, 9.17) is 10.5 Å². The molecular formula is C35H59ClN6O6. The molecule has 2 aromatic rings. The van der Waals surface area contributed by atoms with E-state index in [9.17, 15) is 24.0 Å². The largest absolute Gasteiger partial charge is 0.444 e. The van der Waals surface area contributed by atoms with Gasteiger partial charge in [0.05, 0.1) is 6.04 Å². The molecule has 3 N–H and O–H groups in total. The third kappa shape index (κ3) is 10.2. The molecule has 12 nitrogen and oxygen atoms in total. The highest BCUT2D eigenvalue weighted by Gasteiger charge is 2.32. The Kier molecular flexibility index (Phi) is 15.0. The molecule has 0 radical (unpaired) electrons. The van der Waals surface area contributed by atoms with E-state index in [0.717, 1.165) is 25.7 Å². The Balaban J connectivity index is 0.000000340. The van der Waals surface area contributed by atoms with Gasteiger partial charge in [-0.25, -0.2) is 4.79 Å². The second-order valence-electron chi connectivity index (χ2n) is 15.0. The SMILES string of the molecule is CN(C)c1c(N(C)CC(N)C2CCCCC2)c(=O)c1=O.CN(C)c1c(N(C)CC(NC(=O)OC(C)(C)C)C2CCCCC2)c(=O)c1=O.Cl. The van der Waals surface area contributed by atoms with E-state index in [1.54, 1.807) is 49.9 Å². The summed E-state index contributed by atoms with van der Waals surface area (Å²) in [6.07, 6.45) is 11.3. The normalized spacial score (nSPS) is 17.0. The number of nitrogens with two attached hydrogens (primary N) is 1. The van der Waals surface area contributed by atoms with Gasteiger partial charge in [-0.1, -0.05) is 38.5 Å². The summed E-state index contributed by atoms with van der Waals surface area (Å²) in [6.45, 7) is 6.61. The summed E-state index contributed by atoms with van der Waals surface area (Å²) in [5.41, 5.74) is 5.94. The van der Waals surface area contributed by atoms with E-state index in [2.05, 4.69) is 5.32 Å². The fourth-order valence-corrected chi connectivity index (χ4v) is 7.09. The first-order chi connectivity index (χ1) is 21.9. The highest BCUT2D eigenvalue weighted by atomic mass is 35.5. The lowest BCUT2D eigenvalue weighted by Gasteiger charge is -2.35. The van der Waals surface area contributed by atoms with E-state index in [1.165, 1.54) is 38.5 Å². The topological polar surface area (TPSA) is 146 Å². The van der Waals surface area contributed by atoms with E-state index < -0.39 is 22.6 Å². The molecule has 0 saturated heterocycles. The summed E-state index contributed by atoms with van der Waals surface area (Å²) < 4.78 is 5.43. The van der Waals surface area contributed by atoms with Gasteiger partial charge >= 0.3 is 6.09 Å². The van der Waals surface area contributed by atoms with Gasteiger partial charge in [0.25, 0.3) is 21.7 Å². The molecule has 2 atom stereocenters. The van der Waals surface area contributed by atoms with E-state index >= 15 is 0 Å². The fourth-order valence-electron chi connectivity index (χ4n) is 7.09. The van der Waals surface area contributed by atoms with Gasteiger partial charge < -0.3 is 35.4 Å². The number of carbonyl (C=O) groups is 1. The number of alkyl carbamates (subject to hydrolysis) is 1. The van der Waals surface area contributed by atoms with Crippen molar-refractivity contribution in [1.29, 1.82) is 0 Å². The van der Waals surface area contributed by atoms with Crippen LogP contribution in [0.4, 0.5) is 27.5 Å². The first kappa shape index (κ1) is 41.1. The van der Waals surface area contributed by atoms with Gasteiger partial charge in [-0.05, 0) is 58.3 Å². The molecule has 0 heterocycles. The highest BCUT2D eigenvalue weighted by molar-refractivity contribution is 5.85. The summed E-state index contributed by atoms with van der Waals surface area (Å²) in [5.74, 6) is 0.878. The van der Waals surface area contributed by atoms with Crippen molar-refractivity contribution in [2.75, 3.05) is 75.0 Å². The number of rotatable bonds is 11. The number of nitrogens with one attached hydrogen (secondary N) is 1. The number of ether oxygens (including phenoxy) is 1. The third-order valence-corrected chi connectivity index (χ3v) is 9.51. The number of anilines is 4. The lowest BCUT2D eigenvalue weighted by atomic mass is 9.83.